The highest BCUT2D eigenvalue weighted by Crippen LogP contribution is 2.19. The monoisotopic (exact) mass is 121 g/mol. The first kappa shape index (κ1) is 4.87. The average molecular weight is 121 g/mol. The van der Waals surface area contributed by atoms with Crippen molar-refractivity contribution in [1.82, 2.24) is 5.32 Å². The topological polar surface area (TPSA) is 29.1 Å². The molecule has 0 heterocycles. The third kappa shape index (κ3) is 1.05. The van der Waals surface area contributed by atoms with Crippen LogP contribution in [-0.2, 0) is 4.79 Å². The van der Waals surface area contributed by atoms with E-state index in [-0.39, 0.29) is 11.8 Å². The molecule has 0 unspecified atom stereocenters. The minimum Gasteiger partial charge on any atom is -0.351 e. The van der Waals surface area contributed by atoms with E-state index in [1.807, 2.05) is 0 Å². The number of carbonyl (C=O) groups excluding carboxylic acids is 1. The first-order valence-electron chi connectivity index (χ1n) is 3.18. The molecule has 2 aliphatic carbocycles. The summed E-state index contributed by atoms with van der Waals surface area (Å²) in [6.45, 7) is 0. The second kappa shape index (κ2) is 1.51. The molecule has 9 heavy (non-hydrogen) atoms. The van der Waals surface area contributed by atoms with E-state index in [0.717, 1.165) is 12.8 Å². The van der Waals surface area contributed by atoms with Crippen LogP contribution in [0.3, 0.4) is 0 Å². The zero-order chi connectivity index (χ0) is 6.27. The maximum atomic E-state index is 10.8. The number of hydrogen-bond acceptors (Lipinski definition) is 1. The van der Waals surface area contributed by atoms with E-state index in [4.69, 9.17) is 0 Å². The standard InChI is InChI=1S/C7H7NO/c9-7(5-1-2-5)8-6-3-4-6/h5-6H,3-4H2,(H,8,9). The molecular formula is C7H7NO. The molecule has 2 rings (SSSR count). The fraction of sp³-hybridized carbons (Fsp3) is 0.571. The molecule has 0 aromatic carbocycles. The fourth-order valence-corrected chi connectivity index (χ4v) is 0.685. The van der Waals surface area contributed by atoms with Crippen LogP contribution in [0.4, 0.5) is 0 Å². The number of carbonyl (C=O) groups is 1. The molecule has 1 saturated carbocycles. The molecule has 0 spiro atoms. The summed E-state index contributed by atoms with van der Waals surface area (Å²) in [7, 11) is 0. The second-order valence-electron chi connectivity index (χ2n) is 2.50. The van der Waals surface area contributed by atoms with Gasteiger partial charge < -0.3 is 5.32 Å². The van der Waals surface area contributed by atoms with Gasteiger partial charge in [-0.05, 0) is 12.8 Å². The van der Waals surface area contributed by atoms with Crippen LogP contribution < -0.4 is 5.32 Å². The summed E-state index contributed by atoms with van der Waals surface area (Å²) in [5, 5.41) is 2.85. The number of rotatable bonds is 2. The van der Waals surface area contributed by atoms with E-state index in [9.17, 15) is 4.79 Å². The van der Waals surface area contributed by atoms with Crippen molar-refractivity contribution in [1.29, 1.82) is 0 Å². The van der Waals surface area contributed by atoms with Crippen LogP contribution in [-0.4, -0.2) is 11.9 Å². The van der Waals surface area contributed by atoms with Crippen molar-refractivity contribution in [2.45, 2.75) is 18.9 Å². The van der Waals surface area contributed by atoms with Gasteiger partial charge in [0.25, 0.3) is 0 Å². The zero-order valence-corrected chi connectivity index (χ0v) is 4.98. The molecule has 0 atom stereocenters. The highest BCUT2D eigenvalue weighted by Gasteiger charge is 2.28. The minimum absolute atomic E-state index is 0.0810. The van der Waals surface area contributed by atoms with Gasteiger partial charge >= 0.3 is 0 Å². The summed E-state index contributed by atoms with van der Waals surface area (Å²) in [4.78, 5) is 10.8. The van der Waals surface area contributed by atoms with E-state index in [2.05, 4.69) is 17.2 Å². The summed E-state index contributed by atoms with van der Waals surface area (Å²) < 4.78 is 0. The Morgan fingerprint density at radius 1 is 1.44 bits per heavy atom. The molecular weight excluding hydrogens is 114 g/mol. The van der Waals surface area contributed by atoms with E-state index in [0.29, 0.717) is 6.04 Å². The van der Waals surface area contributed by atoms with Gasteiger partial charge in [-0.3, -0.25) is 4.79 Å². The number of hydrogen-bond donors (Lipinski definition) is 1. The lowest BCUT2D eigenvalue weighted by Gasteiger charge is -1.97. The maximum absolute atomic E-state index is 10.8. The van der Waals surface area contributed by atoms with Crippen molar-refractivity contribution in [2.24, 2.45) is 5.92 Å². The normalized spacial score (nSPS) is 22.2. The molecule has 2 nitrogen and oxygen atoms in total. The fourth-order valence-electron chi connectivity index (χ4n) is 0.685. The van der Waals surface area contributed by atoms with Crippen LogP contribution >= 0.6 is 0 Å². The Hall–Kier alpha value is -0.970. The molecule has 2 aliphatic rings. The van der Waals surface area contributed by atoms with Gasteiger partial charge in [0.2, 0.25) is 5.91 Å². The lowest BCUT2D eigenvalue weighted by Crippen LogP contribution is -2.27. The van der Waals surface area contributed by atoms with Crippen LogP contribution in [0.5, 0.6) is 0 Å². The third-order valence-electron chi connectivity index (χ3n) is 1.47. The van der Waals surface area contributed by atoms with E-state index in [1.165, 1.54) is 0 Å². The van der Waals surface area contributed by atoms with Gasteiger partial charge in [0, 0.05) is 6.04 Å². The average Bonchev–Trinajstić information content (AvgIpc) is 2.62. The number of nitrogens with one attached hydrogen (secondary N) is 1. The zero-order valence-electron chi connectivity index (χ0n) is 4.98. The quantitative estimate of drug-likeness (QED) is 0.508. The third-order valence-corrected chi connectivity index (χ3v) is 1.47. The smallest absolute Gasteiger partial charge is 0.247 e. The van der Waals surface area contributed by atoms with Crippen molar-refractivity contribution in [3.63, 3.8) is 0 Å². The molecule has 1 amide bonds. The van der Waals surface area contributed by atoms with Gasteiger partial charge in [-0.2, -0.15) is 0 Å². The van der Waals surface area contributed by atoms with Crippen LogP contribution in [0.2, 0.25) is 0 Å². The van der Waals surface area contributed by atoms with E-state index < -0.39 is 0 Å². The van der Waals surface area contributed by atoms with E-state index in [1.54, 1.807) is 0 Å². The summed E-state index contributed by atoms with van der Waals surface area (Å²) in [5.74, 6) is 5.39. The van der Waals surface area contributed by atoms with Crippen molar-refractivity contribution >= 4 is 5.91 Å². The van der Waals surface area contributed by atoms with Gasteiger partial charge in [0.1, 0.15) is 0 Å². The van der Waals surface area contributed by atoms with Crippen LogP contribution in [0, 0.1) is 17.8 Å². The summed E-state index contributed by atoms with van der Waals surface area (Å²) >= 11 is 0. The van der Waals surface area contributed by atoms with Crippen LogP contribution in [0.1, 0.15) is 12.8 Å². The highest BCUT2D eigenvalue weighted by molar-refractivity contribution is 5.89. The van der Waals surface area contributed by atoms with E-state index >= 15 is 0 Å². The van der Waals surface area contributed by atoms with Crippen molar-refractivity contribution in [2.75, 3.05) is 0 Å². The summed E-state index contributed by atoms with van der Waals surface area (Å²) in [6.07, 6.45) is 2.30. The molecule has 0 aliphatic heterocycles. The Kier molecular flexibility index (Phi) is 0.814. The molecule has 1 N–H and O–H groups in total. The Bertz CT molecular complexity index is 199. The minimum atomic E-state index is -0.106. The molecule has 0 saturated heterocycles. The first-order valence-corrected chi connectivity index (χ1v) is 3.18. The van der Waals surface area contributed by atoms with Crippen LogP contribution in [0.25, 0.3) is 0 Å². The van der Waals surface area contributed by atoms with Crippen molar-refractivity contribution < 1.29 is 4.79 Å². The Balaban J connectivity index is 1.76. The Morgan fingerprint density at radius 2 is 2.11 bits per heavy atom. The molecule has 0 bridgehead atoms. The Morgan fingerprint density at radius 3 is 2.56 bits per heavy atom. The summed E-state index contributed by atoms with van der Waals surface area (Å²) in [5.41, 5.74) is 0. The molecule has 0 radical (unpaired) electrons. The lowest BCUT2D eigenvalue weighted by molar-refractivity contribution is -0.121. The SMILES string of the molecule is O=C(NC1CC1)C1C#C1. The predicted octanol–water partition coefficient (Wildman–Crippen LogP) is -0.102. The first-order chi connectivity index (χ1) is 4.36. The highest BCUT2D eigenvalue weighted by atomic mass is 16.2. The summed E-state index contributed by atoms with van der Waals surface area (Å²) in [6, 6.07) is 0.474. The molecule has 0 aromatic heterocycles. The molecule has 2 heteroatoms. The van der Waals surface area contributed by atoms with Gasteiger partial charge in [-0.15, -0.1) is 0 Å². The van der Waals surface area contributed by atoms with Gasteiger partial charge in [-0.1, -0.05) is 11.8 Å². The van der Waals surface area contributed by atoms with Gasteiger partial charge in [0.15, 0.2) is 5.92 Å². The number of amides is 1. The lowest BCUT2D eigenvalue weighted by atomic mass is 10.3. The Labute approximate surface area is 53.6 Å². The van der Waals surface area contributed by atoms with Crippen LogP contribution in [0.15, 0.2) is 0 Å². The molecule has 0 aromatic rings. The largest absolute Gasteiger partial charge is 0.351 e. The van der Waals surface area contributed by atoms with Crippen molar-refractivity contribution in [3.8, 4) is 11.8 Å². The van der Waals surface area contributed by atoms with Gasteiger partial charge in [-0.25, -0.2) is 0 Å². The predicted molar refractivity (Wildman–Crippen MR) is 32.4 cm³/mol. The van der Waals surface area contributed by atoms with Crippen molar-refractivity contribution in [3.05, 3.63) is 0 Å². The van der Waals surface area contributed by atoms with Gasteiger partial charge in [0.05, 0.1) is 0 Å². The molecule has 1 fully saturated rings. The maximum Gasteiger partial charge on any atom is 0.247 e. The second-order valence-corrected chi connectivity index (χ2v) is 2.50. The molecule has 46 valence electrons.